The zero-order valence-corrected chi connectivity index (χ0v) is 49.8. The number of aromatic nitrogens is 5. The van der Waals surface area contributed by atoms with Gasteiger partial charge in [-0.2, -0.15) is 0 Å². The van der Waals surface area contributed by atoms with E-state index in [-0.39, 0.29) is 0 Å². The van der Waals surface area contributed by atoms with Gasteiger partial charge < -0.3 is 4.57 Å². The number of nitrogens with zero attached hydrogens (tertiary/aromatic N) is 5. The summed E-state index contributed by atoms with van der Waals surface area (Å²) in [6.45, 7) is 0. The van der Waals surface area contributed by atoms with E-state index in [1.807, 2.05) is 29.5 Å². The lowest BCUT2D eigenvalue weighted by Gasteiger charge is -2.22. The van der Waals surface area contributed by atoms with Gasteiger partial charge in [-0.3, -0.25) is 20.1 Å². The second-order valence-corrected chi connectivity index (χ2v) is 24.7. The highest BCUT2D eigenvalue weighted by Crippen LogP contribution is 2.49. The molecule has 0 saturated carbocycles. The number of hydrogen-bond donors (Lipinski definition) is 2. The van der Waals surface area contributed by atoms with Gasteiger partial charge in [-0.05, 0) is 111 Å². The molecule has 0 radical (unpaired) electrons. The predicted molar refractivity (Wildman–Crippen MR) is 383 cm³/mol. The van der Waals surface area contributed by atoms with Crippen molar-refractivity contribution < 1.29 is 0 Å². The molecule has 0 atom stereocenters. The maximum atomic E-state index is 9.70. The maximum absolute atomic E-state index is 9.70. The number of benzene rings is 13. The summed E-state index contributed by atoms with van der Waals surface area (Å²) in [7, 11) is 0. The Hall–Kier alpha value is -12.0. The summed E-state index contributed by atoms with van der Waals surface area (Å²) < 4.78 is 9.34. The monoisotopic (exact) mass is 1180 g/mol. The van der Waals surface area contributed by atoms with Crippen molar-refractivity contribution in [1.29, 1.82) is 5.41 Å². The third-order valence-electron chi connectivity index (χ3n) is 18.7. The topological polar surface area (TPSA) is 76.5 Å². The average molecular weight is 1180 g/mol. The normalized spacial score (nSPS) is 13.2. The summed E-state index contributed by atoms with van der Waals surface area (Å²) in [5, 5.41) is 22.5. The summed E-state index contributed by atoms with van der Waals surface area (Å²) in [6, 6.07) is 102. The number of rotatable bonds is 8. The lowest BCUT2D eigenvalue weighted by atomic mass is 9.89. The highest BCUT2D eigenvalue weighted by molar-refractivity contribution is 7.27. The van der Waals surface area contributed by atoms with Crippen LogP contribution < -0.4 is 5.43 Å². The molecule has 0 saturated heterocycles. The number of para-hydroxylation sites is 4. The van der Waals surface area contributed by atoms with Crippen LogP contribution >= 0.6 is 11.3 Å². The van der Waals surface area contributed by atoms with Crippen LogP contribution in [0.1, 0.15) is 16.7 Å². The minimum Gasteiger partial charge on any atom is -0.309 e. The van der Waals surface area contributed by atoms with Gasteiger partial charge in [0.05, 0.1) is 60.4 Å². The Kier molecular flexibility index (Phi) is 11.3. The van der Waals surface area contributed by atoms with E-state index in [0.717, 1.165) is 116 Å². The van der Waals surface area contributed by atoms with E-state index >= 15 is 0 Å². The number of fused-ring (bicyclic) bond motifs is 18. The lowest BCUT2D eigenvalue weighted by molar-refractivity contribution is 1.01. The SMILES string of the molecule is N=C1/C(=C(\Nn2c3ccccc3c3c4ccccc4c4c5cc(-c6ccc7c8cc(-c9ccc%10c(c9)c9ccccc9n%10-c9ccccc9)ccc8n(-c8nc(-c9ccccc9)c9ccccc9n8)c7c6)ccc5sc4c32)c2ccccc2)C=Cc2ccccc21. The second-order valence-electron chi connectivity index (χ2n) is 23.7. The van der Waals surface area contributed by atoms with Crippen LogP contribution in [-0.2, 0) is 0 Å². The van der Waals surface area contributed by atoms with E-state index in [1.54, 1.807) is 0 Å². The molecule has 1 aliphatic carbocycles. The molecular weight excluding hydrogens is 1130 g/mol. The molecular formula is C83H51N7S. The maximum Gasteiger partial charge on any atom is 0.235 e. The van der Waals surface area contributed by atoms with Gasteiger partial charge in [0.1, 0.15) is 0 Å². The molecule has 18 aromatic rings. The van der Waals surface area contributed by atoms with Crippen LogP contribution in [0, 0.1) is 5.41 Å². The molecule has 0 spiro atoms. The van der Waals surface area contributed by atoms with Crippen molar-refractivity contribution in [3.8, 4) is 45.1 Å². The van der Waals surface area contributed by atoms with E-state index in [0.29, 0.717) is 11.7 Å². The number of allylic oxidation sites excluding steroid dienone is 2. The van der Waals surface area contributed by atoms with Gasteiger partial charge in [-0.15, -0.1) is 11.3 Å². The third kappa shape index (κ3) is 7.83. The fourth-order valence-corrected chi connectivity index (χ4v) is 15.8. The van der Waals surface area contributed by atoms with Crippen LogP contribution in [0.5, 0.6) is 0 Å². The van der Waals surface area contributed by atoms with Gasteiger partial charge in [-0.1, -0.05) is 224 Å². The summed E-state index contributed by atoms with van der Waals surface area (Å²) in [5.74, 6) is 0.614. The molecule has 1 aliphatic rings. The van der Waals surface area contributed by atoms with Gasteiger partial charge >= 0.3 is 0 Å². The molecule has 0 unspecified atom stereocenters. The van der Waals surface area contributed by atoms with Gasteiger partial charge in [0.15, 0.2) is 0 Å². The number of thiophene rings is 1. The van der Waals surface area contributed by atoms with Gasteiger partial charge in [0.25, 0.3) is 0 Å². The van der Waals surface area contributed by atoms with Crippen LogP contribution in [0.15, 0.2) is 297 Å². The lowest BCUT2D eigenvalue weighted by Crippen LogP contribution is -2.19. The standard InChI is InChI=1S/C83H51N7S/c84-78-58-27-11-10-20-50(58)36-42-65(78)80(52-23-6-2-7-24-52)87-90-73-35-19-16-32-64(73)76-61-29-12-13-30-62(61)77-68-48-55(40-45-75(68)91-82(77)81(76)90)56-37-41-60-67-47-54(53-38-43-71-66(46-53)59-28-15-18-34-70(59)88(71)57-25-8-3-9-26-57)39-44-72(67)89(74(60)49-56)83-85-69-33-17-14-31-63(69)79(86-83)51-21-4-1-5-22-51/h1-49,84,87H/b80-65-,84-78?. The Morgan fingerprint density at radius 3 is 1.71 bits per heavy atom. The molecule has 424 valence electrons. The van der Waals surface area contributed by atoms with Crippen molar-refractivity contribution in [3.63, 3.8) is 0 Å². The van der Waals surface area contributed by atoms with Crippen LogP contribution in [0.25, 0.3) is 164 Å². The van der Waals surface area contributed by atoms with Crippen LogP contribution in [0.4, 0.5) is 0 Å². The molecule has 7 nitrogen and oxygen atoms in total. The highest BCUT2D eigenvalue weighted by atomic mass is 32.1. The minimum absolute atomic E-state index is 0.484. The zero-order valence-electron chi connectivity index (χ0n) is 48.9. The Morgan fingerprint density at radius 1 is 0.385 bits per heavy atom. The first-order valence-corrected chi connectivity index (χ1v) is 31.6. The molecule has 19 rings (SSSR count). The Balaban J connectivity index is 0.818. The fourth-order valence-electron chi connectivity index (χ4n) is 14.5. The van der Waals surface area contributed by atoms with Crippen LogP contribution in [0.2, 0.25) is 0 Å². The molecule has 2 N–H and O–H groups in total. The number of hydrogen-bond acceptors (Lipinski definition) is 5. The highest BCUT2D eigenvalue weighted by Gasteiger charge is 2.26. The van der Waals surface area contributed by atoms with Gasteiger partial charge in [-0.25, -0.2) is 9.97 Å². The van der Waals surface area contributed by atoms with E-state index in [9.17, 15) is 5.41 Å². The van der Waals surface area contributed by atoms with Crippen molar-refractivity contribution in [2.45, 2.75) is 0 Å². The smallest absolute Gasteiger partial charge is 0.235 e. The largest absolute Gasteiger partial charge is 0.309 e. The molecule has 8 heteroatoms. The van der Waals surface area contributed by atoms with E-state index in [4.69, 9.17) is 9.97 Å². The van der Waals surface area contributed by atoms with Gasteiger partial charge in [0.2, 0.25) is 5.95 Å². The van der Waals surface area contributed by atoms with Gasteiger partial charge in [0, 0.05) is 81.1 Å². The second kappa shape index (κ2) is 20.0. The van der Waals surface area contributed by atoms with E-state index < -0.39 is 0 Å². The summed E-state index contributed by atoms with van der Waals surface area (Å²) >= 11 is 1.84. The molecule has 0 bridgehead atoms. The predicted octanol–water partition coefficient (Wildman–Crippen LogP) is 21.5. The van der Waals surface area contributed by atoms with Crippen molar-refractivity contribution in [2.75, 3.05) is 5.43 Å². The van der Waals surface area contributed by atoms with E-state index in [1.165, 1.54) is 58.1 Å². The van der Waals surface area contributed by atoms with Crippen molar-refractivity contribution in [2.24, 2.45) is 0 Å². The van der Waals surface area contributed by atoms with Crippen molar-refractivity contribution >= 4 is 136 Å². The molecule has 0 aliphatic heterocycles. The molecule has 91 heavy (non-hydrogen) atoms. The Morgan fingerprint density at radius 2 is 0.945 bits per heavy atom. The first-order chi connectivity index (χ1) is 45.1. The van der Waals surface area contributed by atoms with Crippen LogP contribution in [-0.4, -0.2) is 29.5 Å². The van der Waals surface area contributed by atoms with Crippen molar-refractivity contribution in [3.05, 3.63) is 313 Å². The fraction of sp³-hybridized carbons (Fsp3) is 0. The first-order valence-electron chi connectivity index (χ1n) is 30.8. The minimum atomic E-state index is 0.484. The van der Waals surface area contributed by atoms with Crippen molar-refractivity contribution in [1.82, 2.24) is 23.8 Å². The molecule has 0 fully saturated rings. The first kappa shape index (κ1) is 51.1. The Labute approximate surface area is 526 Å². The summed E-state index contributed by atoms with van der Waals surface area (Å²) in [5.41, 5.74) is 24.2. The molecule has 5 aromatic heterocycles. The molecule has 0 amide bonds. The van der Waals surface area contributed by atoms with E-state index in [2.05, 4.69) is 298 Å². The zero-order chi connectivity index (χ0) is 59.8. The summed E-state index contributed by atoms with van der Waals surface area (Å²) in [6.07, 6.45) is 4.23. The quantitative estimate of drug-likeness (QED) is 0.159. The number of nitrogens with one attached hydrogen (secondary N) is 2. The average Bonchev–Trinajstić information content (AvgIpc) is 1.56. The summed E-state index contributed by atoms with van der Waals surface area (Å²) in [4.78, 5) is 11.0. The van der Waals surface area contributed by atoms with Crippen LogP contribution in [0.3, 0.4) is 0 Å². The molecule has 13 aromatic carbocycles. The molecule has 5 heterocycles. The Bertz CT molecular complexity index is 6180. The third-order valence-corrected chi connectivity index (χ3v) is 19.9.